The largest absolute Gasteiger partial charge is 0.454 e. The predicted molar refractivity (Wildman–Crippen MR) is 83.8 cm³/mol. The molecule has 3 rings (SSSR count). The Labute approximate surface area is 131 Å². The minimum Gasteiger partial charge on any atom is -0.454 e. The van der Waals surface area contributed by atoms with E-state index in [1.165, 1.54) is 5.56 Å². The molecule has 5 heteroatoms. The summed E-state index contributed by atoms with van der Waals surface area (Å²) in [5.41, 5.74) is 2.00. The van der Waals surface area contributed by atoms with Crippen LogP contribution in [0.25, 0.3) is 0 Å². The van der Waals surface area contributed by atoms with Crippen LogP contribution in [0.5, 0.6) is 11.5 Å². The van der Waals surface area contributed by atoms with Gasteiger partial charge in [0.05, 0.1) is 10.7 Å². The second kappa shape index (κ2) is 5.54. The quantitative estimate of drug-likeness (QED) is 0.841. The average Bonchev–Trinajstić information content (AvgIpc) is 2.86. The standard InChI is InChI=1S/C15H13BrClNO2/c1-9(10-4-2-3-5-11(10)16)18-13-7-15-14(6-12(13)17)19-8-20-15/h2-7,9,18H,8H2,1H3. The van der Waals surface area contributed by atoms with Crippen LogP contribution in [0, 0.1) is 0 Å². The third kappa shape index (κ3) is 2.58. The van der Waals surface area contributed by atoms with Crippen LogP contribution < -0.4 is 14.8 Å². The van der Waals surface area contributed by atoms with E-state index in [1.54, 1.807) is 6.07 Å². The molecule has 0 saturated heterocycles. The second-order valence-corrected chi connectivity index (χ2v) is 5.83. The van der Waals surface area contributed by atoms with Gasteiger partial charge >= 0.3 is 0 Å². The highest BCUT2D eigenvalue weighted by molar-refractivity contribution is 9.10. The number of halogens is 2. The van der Waals surface area contributed by atoms with Gasteiger partial charge in [0.1, 0.15) is 0 Å². The molecule has 2 aromatic carbocycles. The molecule has 1 aliphatic heterocycles. The Hall–Kier alpha value is -1.39. The van der Waals surface area contributed by atoms with Gasteiger partial charge in [0.2, 0.25) is 6.79 Å². The molecule has 1 N–H and O–H groups in total. The van der Waals surface area contributed by atoms with E-state index in [9.17, 15) is 0 Å². The van der Waals surface area contributed by atoms with Crippen molar-refractivity contribution in [1.29, 1.82) is 0 Å². The lowest BCUT2D eigenvalue weighted by Gasteiger charge is -2.18. The molecular formula is C15H13BrClNO2. The van der Waals surface area contributed by atoms with Crippen LogP contribution in [-0.4, -0.2) is 6.79 Å². The summed E-state index contributed by atoms with van der Waals surface area (Å²) in [5, 5.41) is 4.02. The van der Waals surface area contributed by atoms with E-state index in [4.69, 9.17) is 21.1 Å². The third-order valence-corrected chi connectivity index (χ3v) is 4.24. The molecule has 1 unspecified atom stereocenters. The van der Waals surface area contributed by atoms with Crippen LogP contribution in [0.4, 0.5) is 5.69 Å². The highest BCUT2D eigenvalue weighted by Gasteiger charge is 2.18. The lowest BCUT2D eigenvalue weighted by atomic mass is 10.1. The van der Waals surface area contributed by atoms with Crippen LogP contribution in [0.3, 0.4) is 0 Å². The van der Waals surface area contributed by atoms with Gasteiger partial charge in [-0.15, -0.1) is 0 Å². The summed E-state index contributed by atoms with van der Waals surface area (Å²) >= 11 is 9.83. The minimum absolute atomic E-state index is 0.114. The number of ether oxygens (including phenoxy) is 2. The molecule has 1 aliphatic rings. The van der Waals surface area contributed by atoms with Crippen molar-refractivity contribution in [3.05, 3.63) is 51.5 Å². The molecule has 0 bridgehead atoms. The highest BCUT2D eigenvalue weighted by atomic mass is 79.9. The van der Waals surface area contributed by atoms with Gasteiger partial charge in [-0.2, -0.15) is 0 Å². The van der Waals surface area contributed by atoms with Crippen LogP contribution in [0.1, 0.15) is 18.5 Å². The van der Waals surface area contributed by atoms with Gasteiger partial charge in [0.15, 0.2) is 11.5 Å². The summed E-state index contributed by atoms with van der Waals surface area (Å²) in [6.07, 6.45) is 0. The first kappa shape index (κ1) is 13.6. The maximum atomic E-state index is 6.27. The Bertz CT molecular complexity index is 648. The average molecular weight is 355 g/mol. The van der Waals surface area contributed by atoms with Gasteiger partial charge in [-0.1, -0.05) is 45.7 Å². The van der Waals surface area contributed by atoms with Gasteiger partial charge < -0.3 is 14.8 Å². The van der Waals surface area contributed by atoms with Gasteiger partial charge in [-0.05, 0) is 18.6 Å². The molecule has 0 amide bonds. The molecule has 20 heavy (non-hydrogen) atoms. The van der Waals surface area contributed by atoms with E-state index in [0.717, 1.165) is 15.9 Å². The Morgan fingerprint density at radius 2 is 1.90 bits per heavy atom. The second-order valence-electron chi connectivity index (χ2n) is 4.57. The van der Waals surface area contributed by atoms with Crippen molar-refractivity contribution in [2.45, 2.75) is 13.0 Å². The first-order valence-corrected chi connectivity index (χ1v) is 7.42. The number of anilines is 1. The zero-order valence-corrected chi connectivity index (χ0v) is 13.2. The topological polar surface area (TPSA) is 30.5 Å². The van der Waals surface area contributed by atoms with Gasteiger partial charge in [0.25, 0.3) is 0 Å². The van der Waals surface area contributed by atoms with Crippen molar-refractivity contribution in [3.8, 4) is 11.5 Å². The first-order valence-electron chi connectivity index (χ1n) is 6.25. The van der Waals surface area contributed by atoms with Gasteiger partial charge in [-0.25, -0.2) is 0 Å². The summed E-state index contributed by atoms with van der Waals surface area (Å²) in [5.74, 6) is 1.41. The fourth-order valence-corrected chi connectivity index (χ4v) is 3.00. The van der Waals surface area contributed by atoms with Crippen LogP contribution in [0.15, 0.2) is 40.9 Å². The lowest BCUT2D eigenvalue weighted by Crippen LogP contribution is -2.07. The molecule has 3 nitrogen and oxygen atoms in total. The third-order valence-electron chi connectivity index (χ3n) is 3.21. The molecule has 1 heterocycles. The van der Waals surface area contributed by atoms with E-state index in [0.29, 0.717) is 10.8 Å². The van der Waals surface area contributed by atoms with E-state index in [1.807, 2.05) is 24.3 Å². The van der Waals surface area contributed by atoms with Crippen molar-refractivity contribution in [2.24, 2.45) is 0 Å². The van der Waals surface area contributed by atoms with E-state index < -0.39 is 0 Å². The zero-order chi connectivity index (χ0) is 14.1. The molecule has 104 valence electrons. The molecule has 1 atom stereocenters. The van der Waals surface area contributed by atoms with E-state index in [2.05, 4.69) is 34.2 Å². The Kier molecular flexibility index (Phi) is 3.76. The summed E-state index contributed by atoms with van der Waals surface area (Å²) in [7, 11) is 0. The molecule has 0 fully saturated rings. The Morgan fingerprint density at radius 1 is 1.20 bits per heavy atom. The van der Waals surface area contributed by atoms with Crippen molar-refractivity contribution < 1.29 is 9.47 Å². The molecule has 0 spiro atoms. The lowest BCUT2D eigenvalue weighted by molar-refractivity contribution is 0.174. The minimum atomic E-state index is 0.114. The van der Waals surface area contributed by atoms with Crippen molar-refractivity contribution in [1.82, 2.24) is 0 Å². The predicted octanol–water partition coefficient (Wildman–Crippen LogP) is 5.00. The van der Waals surface area contributed by atoms with Crippen LogP contribution in [-0.2, 0) is 0 Å². The van der Waals surface area contributed by atoms with Crippen molar-refractivity contribution in [3.63, 3.8) is 0 Å². The summed E-state index contributed by atoms with van der Waals surface area (Å²) in [6.45, 7) is 2.33. The number of rotatable bonds is 3. The van der Waals surface area contributed by atoms with E-state index in [-0.39, 0.29) is 12.8 Å². The van der Waals surface area contributed by atoms with E-state index >= 15 is 0 Å². The molecular weight excluding hydrogens is 342 g/mol. The molecule has 2 aromatic rings. The van der Waals surface area contributed by atoms with Gasteiger partial charge in [0, 0.05) is 22.6 Å². The number of hydrogen-bond acceptors (Lipinski definition) is 3. The molecule has 0 aromatic heterocycles. The van der Waals surface area contributed by atoms with Crippen LogP contribution >= 0.6 is 27.5 Å². The smallest absolute Gasteiger partial charge is 0.231 e. The number of nitrogens with one attached hydrogen (secondary N) is 1. The summed E-state index contributed by atoms with van der Waals surface area (Å²) in [4.78, 5) is 0. The monoisotopic (exact) mass is 353 g/mol. The zero-order valence-electron chi connectivity index (χ0n) is 10.8. The first-order chi connectivity index (χ1) is 9.65. The Balaban J connectivity index is 1.86. The fraction of sp³-hybridized carbons (Fsp3) is 0.200. The number of benzene rings is 2. The molecule has 0 saturated carbocycles. The Morgan fingerprint density at radius 3 is 2.65 bits per heavy atom. The maximum absolute atomic E-state index is 6.27. The van der Waals surface area contributed by atoms with Crippen molar-refractivity contribution >= 4 is 33.2 Å². The summed E-state index contributed by atoms with van der Waals surface area (Å²) in [6, 6.07) is 11.9. The number of hydrogen-bond donors (Lipinski definition) is 1. The summed E-state index contributed by atoms with van der Waals surface area (Å²) < 4.78 is 11.7. The highest BCUT2D eigenvalue weighted by Crippen LogP contribution is 2.40. The van der Waals surface area contributed by atoms with Crippen molar-refractivity contribution in [2.75, 3.05) is 12.1 Å². The molecule has 0 aliphatic carbocycles. The number of fused-ring (bicyclic) bond motifs is 1. The van der Waals surface area contributed by atoms with Gasteiger partial charge in [-0.3, -0.25) is 0 Å². The van der Waals surface area contributed by atoms with Crippen LogP contribution in [0.2, 0.25) is 5.02 Å². The normalized spacial score (nSPS) is 14.2. The fourth-order valence-electron chi connectivity index (χ4n) is 2.17. The maximum Gasteiger partial charge on any atom is 0.231 e. The molecule has 0 radical (unpaired) electrons. The SMILES string of the molecule is CC(Nc1cc2c(cc1Cl)OCO2)c1ccccc1Br.